The molecular weight excluding hydrogens is 245 g/mol. The lowest BCUT2D eigenvalue weighted by molar-refractivity contribution is -0.0588. The Kier molecular flexibility index (Phi) is 3.75. The molecule has 2 nitrogen and oxygen atoms in total. The predicted octanol–water partition coefficient (Wildman–Crippen LogP) is 2.87. The summed E-state index contributed by atoms with van der Waals surface area (Å²) in [7, 11) is 0. The molecule has 2 rings (SSSR count). The summed E-state index contributed by atoms with van der Waals surface area (Å²) in [6, 6.07) is 5.84. The van der Waals surface area contributed by atoms with Gasteiger partial charge in [-0.3, -0.25) is 0 Å². The summed E-state index contributed by atoms with van der Waals surface area (Å²) in [6.07, 6.45) is 0. The van der Waals surface area contributed by atoms with Crippen molar-refractivity contribution in [3.05, 3.63) is 33.8 Å². The molecule has 1 aromatic rings. The summed E-state index contributed by atoms with van der Waals surface area (Å²) >= 11 is 12.0. The van der Waals surface area contributed by atoms with Crippen LogP contribution >= 0.6 is 23.2 Å². The van der Waals surface area contributed by atoms with Gasteiger partial charge < -0.3 is 10.1 Å². The summed E-state index contributed by atoms with van der Waals surface area (Å²) in [4.78, 5) is 0. The molecule has 0 atom stereocenters. The molecular formula is C12H15Cl2NO. The number of likely N-dealkylation sites (N-methyl/N-ethyl adjacent to an activating group) is 1. The summed E-state index contributed by atoms with van der Waals surface area (Å²) in [5.41, 5.74) is 1.28. The molecule has 88 valence electrons. The van der Waals surface area contributed by atoms with Crippen molar-refractivity contribution in [2.75, 3.05) is 26.3 Å². The van der Waals surface area contributed by atoms with E-state index < -0.39 is 0 Å². The van der Waals surface area contributed by atoms with Gasteiger partial charge in [-0.2, -0.15) is 0 Å². The fourth-order valence-corrected chi connectivity index (χ4v) is 2.21. The standard InChI is InChI=1S/C12H15Cl2NO/c1-2-15-6-12(7-16-8-12)9-3-4-10(13)11(14)5-9/h3-5,15H,2,6-8H2,1H3. The van der Waals surface area contributed by atoms with Crippen molar-refractivity contribution >= 4 is 23.2 Å². The van der Waals surface area contributed by atoms with Crippen molar-refractivity contribution in [1.82, 2.24) is 5.32 Å². The van der Waals surface area contributed by atoms with E-state index in [4.69, 9.17) is 27.9 Å². The summed E-state index contributed by atoms with van der Waals surface area (Å²) in [5.74, 6) is 0. The van der Waals surface area contributed by atoms with Crippen LogP contribution in [0.1, 0.15) is 12.5 Å². The van der Waals surface area contributed by atoms with E-state index in [9.17, 15) is 0 Å². The second-order valence-corrected chi connectivity index (χ2v) is 5.00. The van der Waals surface area contributed by atoms with Gasteiger partial charge in [0.15, 0.2) is 0 Å². The van der Waals surface area contributed by atoms with E-state index >= 15 is 0 Å². The van der Waals surface area contributed by atoms with E-state index in [2.05, 4.69) is 12.2 Å². The second kappa shape index (κ2) is 4.92. The maximum Gasteiger partial charge on any atom is 0.0598 e. The first-order valence-electron chi connectivity index (χ1n) is 5.42. The average Bonchev–Trinajstić information content (AvgIpc) is 2.22. The van der Waals surface area contributed by atoms with Crippen molar-refractivity contribution in [1.29, 1.82) is 0 Å². The molecule has 0 bridgehead atoms. The zero-order valence-corrected chi connectivity index (χ0v) is 10.7. The number of nitrogens with one attached hydrogen (secondary N) is 1. The molecule has 1 N–H and O–H groups in total. The van der Waals surface area contributed by atoms with Crippen LogP contribution in [-0.2, 0) is 10.2 Å². The highest BCUT2D eigenvalue weighted by Crippen LogP contribution is 2.35. The first-order chi connectivity index (χ1) is 7.68. The van der Waals surface area contributed by atoms with Crippen molar-refractivity contribution in [2.45, 2.75) is 12.3 Å². The minimum absolute atomic E-state index is 0.0736. The van der Waals surface area contributed by atoms with E-state index in [0.717, 1.165) is 26.3 Å². The van der Waals surface area contributed by atoms with Gasteiger partial charge in [0.25, 0.3) is 0 Å². The van der Waals surface area contributed by atoms with Gasteiger partial charge in [0.1, 0.15) is 0 Å². The SMILES string of the molecule is CCNCC1(c2ccc(Cl)c(Cl)c2)COC1. The van der Waals surface area contributed by atoms with Crippen LogP contribution < -0.4 is 5.32 Å². The predicted molar refractivity (Wildman–Crippen MR) is 67.5 cm³/mol. The summed E-state index contributed by atoms with van der Waals surface area (Å²) < 4.78 is 5.34. The lowest BCUT2D eigenvalue weighted by Gasteiger charge is -2.42. The molecule has 1 saturated heterocycles. The van der Waals surface area contributed by atoms with Crippen molar-refractivity contribution in [3.63, 3.8) is 0 Å². The van der Waals surface area contributed by atoms with Crippen LogP contribution in [0.2, 0.25) is 10.0 Å². The Morgan fingerprint density at radius 2 is 2.06 bits per heavy atom. The maximum absolute atomic E-state index is 6.04. The molecule has 1 aliphatic rings. The molecule has 1 aliphatic heterocycles. The Labute approximate surface area is 106 Å². The average molecular weight is 260 g/mol. The van der Waals surface area contributed by atoms with Crippen LogP contribution in [0.4, 0.5) is 0 Å². The van der Waals surface area contributed by atoms with Crippen molar-refractivity contribution in [3.8, 4) is 0 Å². The third-order valence-electron chi connectivity index (χ3n) is 3.00. The van der Waals surface area contributed by atoms with Crippen LogP contribution in [0.3, 0.4) is 0 Å². The van der Waals surface area contributed by atoms with Gasteiger partial charge in [-0.25, -0.2) is 0 Å². The lowest BCUT2D eigenvalue weighted by Crippen LogP contribution is -2.53. The lowest BCUT2D eigenvalue weighted by atomic mass is 9.78. The molecule has 0 radical (unpaired) electrons. The Bertz CT molecular complexity index is 377. The number of ether oxygens (including phenoxy) is 1. The molecule has 0 saturated carbocycles. The Hall–Kier alpha value is -0.280. The highest BCUT2D eigenvalue weighted by molar-refractivity contribution is 6.42. The fraction of sp³-hybridized carbons (Fsp3) is 0.500. The first kappa shape index (κ1) is 12.2. The highest BCUT2D eigenvalue weighted by Gasteiger charge is 2.40. The van der Waals surface area contributed by atoms with Crippen LogP contribution in [0.5, 0.6) is 0 Å². The summed E-state index contributed by atoms with van der Waals surface area (Å²) in [5, 5.41) is 4.58. The van der Waals surface area contributed by atoms with Crippen molar-refractivity contribution < 1.29 is 4.74 Å². The largest absolute Gasteiger partial charge is 0.379 e. The van der Waals surface area contributed by atoms with E-state index in [-0.39, 0.29) is 5.41 Å². The van der Waals surface area contributed by atoms with Gasteiger partial charge in [0.05, 0.1) is 28.7 Å². The van der Waals surface area contributed by atoms with Crippen LogP contribution in [0, 0.1) is 0 Å². The molecule has 1 aromatic carbocycles. The Morgan fingerprint density at radius 1 is 1.31 bits per heavy atom. The Morgan fingerprint density at radius 3 is 2.56 bits per heavy atom. The van der Waals surface area contributed by atoms with Gasteiger partial charge in [0.2, 0.25) is 0 Å². The normalized spacial score (nSPS) is 18.2. The topological polar surface area (TPSA) is 21.3 Å². The zero-order valence-electron chi connectivity index (χ0n) is 9.22. The molecule has 0 aliphatic carbocycles. The van der Waals surface area contributed by atoms with Crippen LogP contribution in [0.15, 0.2) is 18.2 Å². The van der Waals surface area contributed by atoms with E-state index in [1.54, 1.807) is 0 Å². The monoisotopic (exact) mass is 259 g/mol. The number of hydrogen-bond acceptors (Lipinski definition) is 2. The van der Waals surface area contributed by atoms with E-state index in [0.29, 0.717) is 10.0 Å². The number of benzene rings is 1. The summed E-state index contributed by atoms with van der Waals surface area (Å²) in [6.45, 7) is 5.47. The minimum atomic E-state index is 0.0736. The highest BCUT2D eigenvalue weighted by atomic mass is 35.5. The molecule has 0 spiro atoms. The molecule has 1 heterocycles. The second-order valence-electron chi connectivity index (χ2n) is 4.18. The molecule has 16 heavy (non-hydrogen) atoms. The molecule has 0 amide bonds. The third-order valence-corrected chi connectivity index (χ3v) is 3.74. The number of halogens is 2. The maximum atomic E-state index is 6.04. The van der Waals surface area contributed by atoms with Gasteiger partial charge in [-0.1, -0.05) is 36.2 Å². The molecule has 4 heteroatoms. The molecule has 0 aromatic heterocycles. The van der Waals surface area contributed by atoms with Crippen molar-refractivity contribution in [2.24, 2.45) is 0 Å². The number of hydrogen-bond donors (Lipinski definition) is 1. The quantitative estimate of drug-likeness (QED) is 0.898. The Balaban J connectivity index is 2.22. The van der Waals surface area contributed by atoms with Gasteiger partial charge in [0, 0.05) is 6.54 Å². The van der Waals surface area contributed by atoms with Gasteiger partial charge in [-0.05, 0) is 24.2 Å². The number of rotatable bonds is 4. The van der Waals surface area contributed by atoms with Crippen LogP contribution in [0.25, 0.3) is 0 Å². The fourth-order valence-electron chi connectivity index (χ4n) is 1.91. The zero-order chi connectivity index (χ0) is 11.6. The van der Waals surface area contributed by atoms with E-state index in [1.807, 2.05) is 18.2 Å². The molecule has 1 fully saturated rings. The molecule has 0 unspecified atom stereocenters. The van der Waals surface area contributed by atoms with E-state index in [1.165, 1.54) is 5.56 Å². The van der Waals surface area contributed by atoms with Gasteiger partial charge >= 0.3 is 0 Å². The first-order valence-corrected chi connectivity index (χ1v) is 6.17. The van der Waals surface area contributed by atoms with Gasteiger partial charge in [-0.15, -0.1) is 0 Å². The van der Waals surface area contributed by atoms with Crippen LogP contribution in [-0.4, -0.2) is 26.3 Å². The smallest absolute Gasteiger partial charge is 0.0598 e. The minimum Gasteiger partial charge on any atom is -0.379 e. The third kappa shape index (κ3) is 2.21.